The first-order valence-electron chi connectivity index (χ1n) is 8.74. The zero-order valence-corrected chi connectivity index (χ0v) is 14.8. The first kappa shape index (κ1) is 19.0. The Balaban J connectivity index is 2.00. The molecule has 1 heterocycles. The number of carboxylic acid groups (broad SMARTS) is 1. The first-order valence-corrected chi connectivity index (χ1v) is 8.74. The fraction of sp³-hybridized carbons (Fsp3) is 0.526. The van der Waals surface area contributed by atoms with Crippen molar-refractivity contribution in [1.82, 2.24) is 10.2 Å². The number of carbonyl (C=O) groups excluding carboxylic acids is 2. The summed E-state index contributed by atoms with van der Waals surface area (Å²) in [6.45, 7) is 4.60. The van der Waals surface area contributed by atoms with E-state index in [0.29, 0.717) is 25.9 Å². The van der Waals surface area contributed by atoms with Crippen LogP contribution in [0.3, 0.4) is 0 Å². The minimum absolute atomic E-state index is 0.0409. The van der Waals surface area contributed by atoms with Gasteiger partial charge in [0.05, 0.1) is 12.3 Å². The van der Waals surface area contributed by atoms with Crippen molar-refractivity contribution < 1.29 is 19.5 Å². The molecule has 2 amide bonds. The molecule has 1 fully saturated rings. The van der Waals surface area contributed by atoms with E-state index >= 15 is 0 Å². The molecular weight excluding hydrogens is 320 g/mol. The predicted molar refractivity (Wildman–Crippen MR) is 93.7 cm³/mol. The summed E-state index contributed by atoms with van der Waals surface area (Å²) in [4.78, 5) is 37.7. The van der Waals surface area contributed by atoms with Crippen molar-refractivity contribution in [2.45, 2.75) is 51.6 Å². The van der Waals surface area contributed by atoms with Crippen LogP contribution in [0.2, 0.25) is 0 Å². The summed E-state index contributed by atoms with van der Waals surface area (Å²) in [6, 6.07) is 9.66. The molecule has 0 radical (unpaired) electrons. The lowest BCUT2D eigenvalue weighted by Gasteiger charge is -2.32. The minimum Gasteiger partial charge on any atom is -0.481 e. The van der Waals surface area contributed by atoms with E-state index in [2.05, 4.69) is 5.32 Å². The Morgan fingerprint density at radius 2 is 1.88 bits per heavy atom. The van der Waals surface area contributed by atoms with Gasteiger partial charge in [0.15, 0.2) is 0 Å². The highest BCUT2D eigenvalue weighted by molar-refractivity contribution is 5.89. The maximum atomic E-state index is 12.6. The molecule has 1 atom stereocenters. The quantitative estimate of drug-likeness (QED) is 0.755. The van der Waals surface area contributed by atoms with Crippen molar-refractivity contribution in [3.63, 3.8) is 0 Å². The number of hydrogen-bond acceptors (Lipinski definition) is 3. The molecule has 6 heteroatoms. The van der Waals surface area contributed by atoms with Gasteiger partial charge in [0.2, 0.25) is 11.8 Å². The molecule has 2 N–H and O–H groups in total. The van der Waals surface area contributed by atoms with Gasteiger partial charge >= 0.3 is 5.97 Å². The van der Waals surface area contributed by atoms with E-state index in [1.54, 1.807) is 4.90 Å². The van der Waals surface area contributed by atoms with Crippen LogP contribution in [-0.4, -0.2) is 39.9 Å². The Morgan fingerprint density at radius 3 is 2.44 bits per heavy atom. The maximum Gasteiger partial charge on any atom is 0.305 e. The van der Waals surface area contributed by atoms with E-state index in [1.807, 2.05) is 44.2 Å². The standard InChI is InChI=1S/C19H26N2O4/c1-3-19(4-2,11-17(23)24)20-18(25)15-10-16(22)21(13-15)12-14-8-6-5-7-9-14/h5-9,15H,3-4,10-13H2,1-2H3,(H,20,25)(H,23,24). The number of nitrogens with one attached hydrogen (secondary N) is 1. The molecule has 1 unspecified atom stereocenters. The number of hydrogen-bond donors (Lipinski definition) is 2. The molecule has 1 aliphatic heterocycles. The van der Waals surface area contributed by atoms with Crippen LogP contribution in [0.1, 0.15) is 45.1 Å². The Hall–Kier alpha value is -2.37. The fourth-order valence-electron chi connectivity index (χ4n) is 3.28. The van der Waals surface area contributed by atoms with Crippen LogP contribution in [0.5, 0.6) is 0 Å². The number of likely N-dealkylation sites (tertiary alicyclic amines) is 1. The van der Waals surface area contributed by atoms with Crippen LogP contribution < -0.4 is 5.32 Å². The molecule has 1 aliphatic rings. The third-order valence-electron chi connectivity index (χ3n) is 5.03. The summed E-state index contributed by atoms with van der Waals surface area (Å²) >= 11 is 0. The lowest BCUT2D eigenvalue weighted by atomic mass is 9.88. The summed E-state index contributed by atoms with van der Waals surface area (Å²) in [6.07, 6.45) is 1.14. The van der Waals surface area contributed by atoms with Crippen LogP contribution in [0, 0.1) is 5.92 Å². The van der Waals surface area contributed by atoms with Crippen LogP contribution >= 0.6 is 0 Å². The average molecular weight is 346 g/mol. The van der Waals surface area contributed by atoms with Gasteiger partial charge in [-0.15, -0.1) is 0 Å². The number of nitrogens with zero attached hydrogens (tertiary/aromatic N) is 1. The fourth-order valence-corrected chi connectivity index (χ4v) is 3.28. The highest BCUT2D eigenvalue weighted by Gasteiger charge is 2.38. The molecule has 0 saturated carbocycles. The van der Waals surface area contributed by atoms with Gasteiger partial charge in [-0.05, 0) is 18.4 Å². The monoisotopic (exact) mass is 346 g/mol. The van der Waals surface area contributed by atoms with Crippen molar-refractivity contribution in [1.29, 1.82) is 0 Å². The van der Waals surface area contributed by atoms with Crippen LogP contribution in [0.25, 0.3) is 0 Å². The Bertz CT molecular complexity index is 626. The zero-order valence-electron chi connectivity index (χ0n) is 14.8. The second kappa shape index (κ2) is 8.14. The molecular formula is C19H26N2O4. The molecule has 0 aliphatic carbocycles. The number of carboxylic acids is 1. The molecule has 25 heavy (non-hydrogen) atoms. The molecule has 136 valence electrons. The average Bonchev–Trinajstić information content (AvgIpc) is 2.95. The number of amides is 2. The molecule has 0 bridgehead atoms. The zero-order chi connectivity index (χ0) is 18.4. The number of aliphatic carboxylic acids is 1. The van der Waals surface area contributed by atoms with Gasteiger partial charge < -0.3 is 15.3 Å². The largest absolute Gasteiger partial charge is 0.481 e. The van der Waals surface area contributed by atoms with Crippen molar-refractivity contribution in [2.24, 2.45) is 5.92 Å². The lowest BCUT2D eigenvalue weighted by Crippen LogP contribution is -2.51. The van der Waals surface area contributed by atoms with E-state index < -0.39 is 17.4 Å². The van der Waals surface area contributed by atoms with Gasteiger partial charge in [0, 0.05) is 25.0 Å². The molecule has 0 aromatic heterocycles. The van der Waals surface area contributed by atoms with Gasteiger partial charge in [-0.25, -0.2) is 0 Å². The summed E-state index contributed by atoms with van der Waals surface area (Å²) in [5, 5.41) is 12.0. The first-order chi connectivity index (χ1) is 11.9. The van der Waals surface area contributed by atoms with Crippen molar-refractivity contribution in [3.8, 4) is 0 Å². The van der Waals surface area contributed by atoms with Crippen LogP contribution in [0.15, 0.2) is 30.3 Å². The SMILES string of the molecule is CCC(CC)(CC(=O)O)NC(=O)C1CC(=O)N(Cc2ccccc2)C1. The van der Waals surface area contributed by atoms with E-state index in [1.165, 1.54) is 0 Å². The number of carbonyl (C=O) groups is 3. The Labute approximate surface area is 148 Å². The summed E-state index contributed by atoms with van der Waals surface area (Å²) in [7, 11) is 0. The number of benzene rings is 1. The third kappa shape index (κ3) is 4.81. The van der Waals surface area contributed by atoms with Crippen LogP contribution in [-0.2, 0) is 20.9 Å². The van der Waals surface area contributed by atoms with Gasteiger partial charge in [-0.1, -0.05) is 44.2 Å². The minimum atomic E-state index is -0.933. The van der Waals surface area contributed by atoms with E-state index in [-0.39, 0.29) is 24.7 Å². The highest BCUT2D eigenvalue weighted by Crippen LogP contribution is 2.24. The van der Waals surface area contributed by atoms with Crippen molar-refractivity contribution in [3.05, 3.63) is 35.9 Å². The summed E-state index contributed by atoms with van der Waals surface area (Å²) in [5.41, 5.74) is 0.276. The predicted octanol–water partition coefficient (Wildman–Crippen LogP) is 2.18. The highest BCUT2D eigenvalue weighted by atomic mass is 16.4. The molecule has 0 spiro atoms. The van der Waals surface area contributed by atoms with Crippen LogP contribution in [0.4, 0.5) is 0 Å². The molecule has 1 aromatic carbocycles. The van der Waals surface area contributed by atoms with Crippen molar-refractivity contribution >= 4 is 17.8 Å². The van der Waals surface area contributed by atoms with Gasteiger partial charge in [0.25, 0.3) is 0 Å². The normalized spacial score (nSPS) is 17.6. The Morgan fingerprint density at radius 1 is 1.24 bits per heavy atom. The summed E-state index contributed by atoms with van der Waals surface area (Å²) < 4.78 is 0. The second-order valence-electron chi connectivity index (χ2n) is 6.71. The number of rotatable bonds is 8. The van der Waals surface area contributed by atoms with Gasteiger partial charge in [-0.3, -0.25) is 14.4 Å². The molecule has 1 aromatic rings. The smallest absolute Gasteiger partial charge is 0.305 e. The molecule has 1 saturated heterocycles. The van der Waals surface area contributed by atoms with E-state index in [0.717, 1.165) is 5.56 Å². The van der Waals surface area contributed by atoms with E-state index in [9.17, 15) is 14.4 Å². The Kier molecular flexibility index (Phi) is 6.17. The molecule has 2 rings (SSSR count). The summed E-state index contributed by atoms with van der Waals surface area (Å²) in [5.74, 6) is -1.63. The van der Waals surface area contributed by atoms with Gasteiger partial charge in [0.1, 0.15) is 0 Å². The van der Waals surface area contributed by atoms with Gasteiger partial charge in [-0.2, -0.15) is 0 Å². The maximum absolute atomic E-state index is 12.6. The molecule has 6 nitrogen and oxygen atoms in total. The van der Waals surface area contributed by atoms with E-state index in [4.69, 9.17) is 5.11 Å². The lowest BCUT2D eigenvalue weighted by molar-refractivity contribution is -0.139. The second-order valence-corrected chi connectivity index (χ2v) is 6.71. The van der Waals surface area contributed by atoms with Crippen molar-refractivity contribution in [2.75, 3.05) is 6.54 Å². The topological polar surface area (TPSA) is 86.7 Å². The third-order valence-corrected chi connectivity index (χ3v) is 5.03.